The summed E-state index contributed by atoms with van der Waals surface area (Å²) < 4.78 is 5.36. The van der Waals surface area contributed by atoms with Crippen molar-refractivity contribution in [3.63, 3.8) is 0 Å². The second-order valence-electron chi connectivity index (χ2n) is 9.85. The van der Waals surface area contributed by atoms with E-state index in [1.165, 1.54) is 13.3 Å². The standard InChI is InChI=1S/C27H35N3O6/c1-36-22-14-8-13-21-25(22)20(15-28-21)26(34)27(35)29(17-24(32)33)16-23(31)30(18-9-4-2-5-10-18)19-11-6-3-7-12-19/h8,13-15,18-19,28H,2-7,9-12,16-17H2,1H3,(H,32,33). The summed E-state index contributed by atoms with van der Waals surface area (Å²) in [5.41, 5.74) is 0.707. The number of H-pyrrole nitrogens is 1. The molecule has 2 aromatic rings. The molecule has 9 nitrogen and oxygen atoms in total. The summed E-state index contributed by atoms with van der Waals surface area (Å²) in [5, 5.41) is 9.94. The van der Waals surface area contributed by atoms with Gasteiger partial charge in [-0.25, -0.2) is 0 Å². The van der Waals surface area contributed by atoms with Gasteiger partial charge in [0.15, 0.2) is 0 Å². The van der Waals surface area contributed by atoms with Gasteiger partial charge in [-0.3, -0.25) is 19.2 Å². The fourth-order valence-electron chi connectivity index (χ4n) is 5.79. The highest BCUT2D eigenvalue weighted by molar-refractivity contribution is 6.45. The lowest BCUT2D eigenvalue weighted by atomic mass is 9.88. The van der Waals surface area contributed by atoms with Gasteiger partial charge >= 0.3 is 5.97 Å². The van der Waals surface area contributed by atoms with Gasteiger partial charge < -0.3 is 24.6 Å². The zero-order chi connectivity index (χ0) is 25.7. The number of amides is 2. The zero-order valence-corrected chi connectivity index (χ0v) is 20.8. The van der Waals surface area contributed by atoms with Crippen molar-refractivity contribution < 1.29 is 29.0 Å². The Balaban J connectivity index is 1.58. The number of carbonyl (C=O) groups excluding carboxylic acids is 3. The van der Waals surface area contributed by atoms with E-state index in [0.717, 1.165) is 69.1 Å². The molecule has 2 saturated carbocycles. The van der Waals surface area contributed by atoms with Crippen LogP contribution < -0.4 is 4.74 Å². The number of Topliss-reactive ketones (excluding diaryl/α,β-unsaturated/α-hetero) is 1. The quantitative estimate of drug-likeness (QED) is 0.402. The Labute approximate surface area is 210 Å². The number of nitrogens with one attached hydrogen (secondary N) is 1. The Morgan fingerprint density at radius 3 is 2.11 bits per heavy atom. The van der Waals surface area contributed by atoms with Crippen LogP contribution in [0.2, 0.25) is 0 Å². The van der Waals surface area contributed by atoms with Crippen LogP contribution in [0.3, 0.4) is 0 Å². The Kier molecular flexibility index (Phi) is 8.28. The van der Waals surface area contributed by atoms with Crippen molar-refractivity contribution >= 4 is 34.5 Å². The Morgan fingerprint density at radius 1 is 0.944 bits per heavy atom. The molecular weight excluding hydrogens is 462 g/mol. The van der Waals surface area contributed by atoms with E-state index in [1.54, 1.807) is 18.2 Å². The molecule has 0 bridgehead atoms. The molecule has 2 amide bonds. The lowest BCUT2D eigenvalue weighted by Crippen LogP contribution is -2.54. The molecule has 0 unspecified atom stereocenters. The largest absolute Gasteiger partial charge is 0.496 e. The summed E-state index contributed by atoms with van der Waals surface area (Å²) in [6.45, 7) is -1.15. The van der Waals surface area contributed by atoms with E-state index in [4.69, 9.17) is 4.74 Å². The van der Waals surface area contributed by atoms with Crippen molar-refractivity contribution in [1.82, 2.24) is 14.8 Å². The third-order valence-corrected chi connectivity index (χ3v) is 7.49. The van der Waals surface area contributed by atoms with Crippen molar-refractivity contribution in [2.45, 2.75) is 76.3 Å². The second-order valence-corrected chi connectivity index (χ2v) is 9.85. The molecular formula is C27H35N3O6. The molecule has 0 radical (unpaired) electrons. The second kappa shape index (κ2) is 11.6. The molecule has 1 aromatic heterocycles. The molecule has 4 rings (SSSR count). The number of methoxy groups -OCH3 is 1. The van der Waals surface area contributed by atoms with E-state index in [9.17, 15) is 24.3 Å². The molecule has 1 aromatic carbocycles. The maximum Gasteiger partial charge on any atom is 0.323 e. The number of carboxylic acid groups (broad SMARTS) is 1. The number of hydrogen-bond donors (Lipinski definition) is 2. The van der Waals surface area contributed by atoms with Crippen LogP contribution in [0.5, 0.6) is 5.75 Å². The molecule has 0 spiro atoms. The van der Waals surface area contributed by atoms with Crippen LogP contribution in [0, 0.1) is 0 Å². The zero-order valence-electron chi connectivity index (χ0n) is 20.8. The highest BCUT2D eigenvalue weighted by Gasteiger charge is 2.36. The van der Waals surface area contributed by atoms with E-state index < -0.39 is 30.7 Å². The fraction of sp³-hybridized carbons (Fsp3) is 0.556. The number of fused-ring (bicyclic) bond motifs is 1. The third kappa shape index (κ3) is 5.55. The van der Waals surface area contributed by atoms with Crippen molar-refractivity contribution in [2.75, 3.05) is 20.2 Å². The first-order valence-corrected chi connectivity index (χ1v) is 12.9. The molecule has 1 heterocycles. The predicted octanol–water partition coefficient (Wildman–Crippen LogP) is 3.77. The molecule has 0 saturated heterocycles. The molecule has 2 N–H and O–H groups in total. The van der Waals surface area contributed by atoms with Crippen molar-refractivity contribution in [1.29, 1.82) is 0 Å². The number of aliphatic carboxylic acids is 1. The van der Waals surface area contributed by atoms with E-state index in [1.807, 2.05) is 4.90 Å². The number of hydrogen-bond acceptors (Lipinski definition) is 5. The molecule has 194 valence electrons. The monoisotopic (exact) mass is 497 g/mol. The van der Waals surface area contributed by atoms with Crippen molar-refractivity contribution in [3.8, 4) is 5.75 Å². The molecule has 9 heteroatoms. The summed E-state index contributed by atoms with van der Waals surface area (Å²) >= 11 is 0. The SMILES string of the molecule is COc1cccc2[nH]cc(C(=O)C(=O)N(CC(=O)O)CC(=O)N(C3CCCCC3)C3CCCCC3)c12. The van der Waals surface area contributed by atoms with Crippen LogP contribution in [0.4, 0.5) is 0 Å². The number of ketones is 1. The van der Waals surface area contributed by atoms with Crippen LogP contribution in [0.15, 0.2) is 24.4 Å². The molecule has 0 aliphatic heterocycles. The van der Waals surface area contributed by atoms with E-state index in [0.29, 0.717) is 16.7 Å². The Morgan fingerprint density at radius 2 is 1.56 bits per heavy atom. The lowest BCUT2D eigenvalue weighted by Gasteiger charge is -2.42. The molecule has 2 aliphatic carbocycles. The minimum absolute atomic E-state index is 0.0895. The number of aromatic amines is 1. The van der Waals surface area contributed by atoms with Gasteiger partial charge in [0.1, 0.15) is 18.8 Å². The summed E-state index contributed by atoms with van der Waals surface area (Å²) in [5.74, 6) is -3.01. The minimum Gasteiger partial charge on any atom is -0.496 e. The molecule has 2 fully saturated rings. The maximum absolute atomic E-state index is 13.7. The first-order valence-electron chi connectivity index (χ1n) is 12.9. The molecule has 2 aliphatic rings. The third-order valence-electron chi connectivity index (χ3n) is 7.49. The van der Waals surface area contributed by atoms with Crippen LogP contribution in [0.25, 0.3) is 10.9 Å². The van der Waals surface area contributed by atoms with E-state index >= 15 is 0 Å². The van der Waals surface area contributed by atoms with Crippen LogP contribution in [-0.2, 0) is 14.4 Å². The number of nitrogens with zero attached hydrogens (tertiary/aromatic N) is 2. The summed E-state index contributed by atoms with van der Waals surface area (Å²) in [6, 6.07) is 5.40. The number of carbonyl (C=O) groups is 4. The van der Waals surface area contributed by atoms with E-state index in [2.05, 4.69) is 4.98 Å². The van der Waals surface area contributed by atoms with Gasteiger partial charge in [0.2, 0.25) is 5.91 Å². The van der Waals surface area contributed by atoms with Crippen LogP contribution >= 0.6 is 0 Å². The average Bonchev–Trinajstić information content (AvgIpc) is 3.33. The smallest absolute Gasteiger partial charge is 0.323 e. The highest BCUT2D eigenvalue weighted by Crippen LogP contribution is 2.31. The van der Waals surface area contributed by atoms with Gasteiger partial charge in [-0.1, -0.05) is 44.6 Å². The first kappa shape index (κ1) is 25.7. The van der Waals surface area contributed by atoms with Crippen molar-refractivity contribution in [2.24, 2.45) is 0 Å². The van der Waals surface area contributed by atoms with Crippen molar-refractivity contribution in [3.05, 3.63) is 30.0 Å². The van der Waals surface area contributed by atoms with Gasteiger partial charge in [0.05, 0.1) is 18.1 Å². The summed E-state index contributed by atoms with van der Waals surface area (Å²) in [4.78, 5) is 57.7. The Hall–Kier alpha value is -3.36. The van der Waals surface area contributed by atoms with Gasteiger partial charge in [0.25, 0.3) is 11.7 Å². The Bertz CT molecular complexity index is 1100. The van der Waals surface area contributed by atoms with Gasteiger partial charge in [-0.2, -0.15) is 0 Å². The number of aromatic nitrogens is 1. The summed E-state index contributed by atoms with van der Waals surface area (Å²) in [7, 11) is 1.47. The van der Waals surface area contributed by atoms with Gasteiger partial charge in [0, 0.05) is 23.8 Å². The predicted molar refractivity (Wildman–Crippen MR) is 134 cm³/mol. The molecule has 36 heavy (non-hydrogen) atoms. The summed E-state index contributed by atoms with van der Waals surface area (Å²) in [6.07, 6.45) is 11.6. The lowest BCUT2D eigenvalue weighted by molar-refractivity contribution is -0.147. The van der Waals surface area contributed by atoms with Gasteiger partial charge in [-0.05, 0) is 37.8 Å². The first-order chi connectivity index (χ1) is 17.4. The molecule has 0 atom stereocenters. The van der Waals surface area contributed by atoms with E-state index in [-0.39, 0.29) is 23.6 Å². The normalized spacial score (nSPS) is 17.0. The minimum atomic E-state index is -1.28. The number of benzene rings is 1. The van der Waals surface area contributed by atoms with Crippen LogP contribution in [-0.4, -0.2) is 75.7 Å². The number of carboxylic acids is 1. The topological polar surface area (TPSA) is 120 Å². The highest BCUT2D eigenvalue weighted by atomic mass is 16.5. The van der Waals surface area contributed by atoms with Gasteiger partial charge in [-0.15, -0.1) is 0 Å². The van der Waals surface area contributed by atoms with Crippen LogP contribution in [0.1, 0.15) is 74.6 Å². The number of rotatable bonds is 9. The maximum atomic E-state index is 13.7. The average molecular weight is 498 g/mol. The number of ether oxygens (including phenoxy) is 1. The fourth-order valence-corrected chi connectivity index (χ4v) is 5.79.